The molecule has 0 aromatic heterocycles. The molecule has 0 saturated carbocycles. The lowest BCUT2D eigenvalue weighted by Gasteiger charge is -2.20. The number of carbonyl (C=O) groups is 2. The lowest BCUT2D eigenvalue weighted by Crippen LogP contribution is -2.36. The fraction of sp³-hybridized carbons (Fsp3) is 0.875. The number of methoxy groups -OCH3 is 1. The highest BCUT2D eigenvalue weighted by Gasteiger charge is 2.15. The second kappa shape index (κ2) is 12.9. The Hall–Kier alpha value is -1.06. The van der Waals surface area contributed by atoms with Crippen molar-refractivity contribution in [3.63, 3.8) is 0 Å². The molecule has 0 aromatic carbocycles. The second-order valence-electron chi connectivity index (χ2n) is 5.26. The van der Waals surface area contributed by atoms with Gasteiger partial charge in [0.1, 0.15) is 6.54 Å². The van der Waals surface area contributed by atoms with E-state index in [0.717, 1.165) is 19.3 Å². The summed E-state index contributed by atoms with van der Waals surface area (Å²) in [5.41, 5.74) is 0. The van der Waals surface area contributed by atoms with Crippen LogP contribution in [0.2, 0.25) is 0 Å². The molecule has 20 heavy (non-hydrogen) atoms. The molecule has 0 saturated heterocycles. The molecule has 0 unspecified atom stereocenters. The van der Waals surface area contributed by atoms with Crippen molar-refractivity contribution in [1.29, 1.82) is 0 Å². The zero-order valence-electron chi connectivity index (χ0n) is 13.5. The van der Waals surface area contributed by atoms with Gasteiger partial charge < -0.3 is 9.64 Å². The maximum Gasteiger partial charge on any atom is 0.325 e. The van der Waals surface area contributed by atoms with E-state index in [0.29, 0.717) is 13.0 Å². The first-order valence-electron chi connectivity index (χ1n) is 8.00. The van der Waals surface area contributed by atoms with Gasteiger partial charge in [-0.15, -0.1) is 0 Å². The molecule has 0 aliphatic carbocycles. The Morgan fingerprint density at radius 2 is 1.50 bits per heavy atom. The van der Waals surface area contributed by atoms with Crippen molar-refractivity contribution in [2.75, 3.05) is 20.2 Å². The van der Waals surface area contributed by atoms with Gasteiger partial charge in [0.05, 0.1) is 7.11 Å². The lowest BCUT2D eigenvalue weighted by atomic mass is 10.1. The number of amides is 1. The van der Waals surface area contributed by atoms with Crippen molar-refractivity contribution >= 4 is 11.9 Å². The third kappa shape index (κ3) is 9.82. The van der Waals surface area contributed by atoms with Crippen LogP contribution in [0.1, 0.15) is 71.6 Å². The van der Waals surface area contributed by atoms with Crippen LogP contribution < -0.4 is 0 Å². The summed E-state index contributed by atoms with van der Waals surface area (Å²) in [7, 11) is 1.35. The highest BCUT2D eigenvalue weighted by molar-refractivity contribution is 5.81. The van der Waals surface area contributed by atoms with Gasteiger partial charge in [0, 0.05) is 13.0 Å². The van der Waals surface area contributed by atoms with Crippen LogP contribution in [0.5, 0.6) is 0 Å². The Kier molecular flexibility index (Phi) is 12.3. The Morgan fingerprint density at radius 3 is 2.05 bits per heavy atom. The molecule has 0 rings (SSSR count). The van der Waals surface area contributed by atoms with E-state index >= 15 is 0 Å². The molecule has 4 nitrogen and oxygen atoms in total. The Labute approximate surface area is 123 Å². The van der Waals surface area contributed by atoms with E-state index < -0.39 is 0 Å². The van der Waals surface area contributed by atoms with Gasteiger partial charge in [0.25, 0.3) is 0 Å². The number of ether oxygens (including phenoxy) is 1. The van der Waals surface area contributed by atoms with Crippen molar-refractivity contribution in [3.8, 4) is 0 Å². The molecular formula is C16H31NO3. The summed E-state index contributed by atoms with van der Waals surface area (Å²) >= 11 is 0. The average molecular weight is 285 g/mol. The molecule has 0 radical (unpaired) electrons. The maximum absolute atomic E-state index is 12.0. The Bertz CT molecular complexity index is 266. The van der Waals surface area contributed by atoms with Gasteiger partial charge in [-0.1, -0.05) is 52.4 Å². The Morgan fingerprint density at radius 1 is 0.900 bits per heavy atom. The summed E-state index contributed by atoms with van der Waals surface area (Å²) in [5.74, 6) is -0.267. The van der Waals surface area contributed by atoms with Crippen molar-refractivity contribution in [3.05, 3.63) is 0 Å². The van der Waals surface area contributed by atoms with Crippen LogP contribution in [0.25, 0.3) is 0 Å². The fourth-order valence-corrected chi connectivity index (χ4v) is 2.17. The smallest absolute Gasteiger partial charge is 0.325 e. The van der Waals surface area contributed by atoms with Crippen molar-refractivity contribution in [1.82, 2.24) is 4.90 Å². The van der Waals surface area contributed by atoms with Crippen molar-refractivity contribution < 1.29 is 14.3 Å². The van der Waals surface area contributed by atoms with Gasteiger partial charge in [-0.25, -0.2) is 0 Å². The number of rotatable bonds is 12. The molecule has 0 fully saturated rings. The van der Waals surface area contributed by atoms with Crippen LogP contribution in [0.4, 0.5) is 0 Å². The topological polar surface area (TPSA) is 46.6 Å². The summed E-state index contributed by atoms with van der Waals surface area (Å²) in [6.45, 7) is 4.93. The standard InChI is InChI=1S/C16H31NO3/c1-4-6-7-8-9-10-11-12-15(18)17(13-5-2)14-16(19)20-3/h4-14H2,1-3H3. The van der Waals surface area contributed by atoms with Crippen molar-refractivity contribution in [2.24, 2.45) is 0 Å². The second-order valence-corrected chi connectivity index (χ2v) is 5.26. The molecule has 0 N–H and O–H groups in total. The molecule has 0 aliphatic heterocycles. The summed E-state index contributed by atoms with van der Waals surface area (Å²) in [6.07, 6.45) is 9.78. The minimum atomic E-state index is -0.341. The van der Waals surface area contributed by atoms with E-state index in [-0.39, 0.29) is 18.4 Å². The number of unbranched alkanes of at least 4 members (excludes halogenated alkanes) is 6. The number of nitrogens with zero attached hydrogens (tertiary/aromatic N) is 1. The number of esters is 1. The van der Waals surface area contributed by atoms with Gasteiger partial charge in [-0.2, -0.15) is 0 Å². The normalized spacial score (nSPS) is 10.3. The maximum atomic E-state index is 12.0. The molecule has 4 heteroatoms. The van der Waals surface area contributed by atoms with Crippen LogP contribution in [-0.4, -0.2) is 37.0 Å². The molecular weight excluding hydrogens is 254 g/mol. The van der Waals surface area contributed by atoms with Crippen LogP contribution in [-0.2, 0) is 14.3 Å². The van der Waals surface area contributed by atoms with Crippen LogP contribution in [0, 0.1) is 0 Å². The van der Waals surface area contributed by atoms with Crippen LogP contribution in [0.3, 0.4) is 0 Å². The average Bonchev–Trinajstić information content (AvgIpc) is 2.45. The SMILES string of the molecule is CCCCCCCCCC(=O)N(CCC)CC(=O)OC. The monoisotopic (exact) mass is 285 g/mol. The van der Waals surface area contributed by atoms with Gasteiger partial charge in [0.2, 0.25) is 5.91 Å². The van der Waals surface area contributed by atoms with E-state index in [1.807, 2.05) is 6.92 Å². The largest absolute Gasteiger partial charge is 0.468 e. The van der Waals surface area contributed by atoms with Gasteiger partial charge in [-0.05, 0) is 12.8 Å². The summed E-state index contributed by atoms with van der Waals surface area (Å²) < 4.78 is 4.62. The van der Waals surface area contributed by atoms with E-state index in [2.05, 4.69) is 11.7 Å². The first-order chi connectivity index (χ1) is 9.65. The Balaban J connectivity index is 3.81. The third-order valence-electron chi connectivity index (χ3n) is 3.39. The highest BCUT2D eigenvalue weighted by Crippen LogP contribution is 2.09. The van der Waals surface area contributed by atoms with Crippen molar-refractivity contribution in [2.45, 2.75) is 71.6 Å². The van der Waals surface area contributed by atoms with Crippen LogP contribution >= 0.6 is 0 Å². The summed E-state index contributed by atoms with van der Waals surface area (Å²) in [6, 6.07) is 0. The molecule has 0 bridgehead atoms. The molecule has 0 heterocycles. The predicted octanol–water partition coefficient (Wildman–Crippen LogP) is 3.54. The van der Waals surface area contributed by atoms with E-state index in [1.54, 1.807) is 4.90 Å². The van der Waals surface area contributed by atoms with Gasteiger partial charge in [0.15, 0.2) is 0 Å². The zero-order chi connectivity index (χ0) is 15.2. The molecule has 118 valence electrons. The highest BCUT2D eigenvalue weighted by atomic mass is 16.5. The van der Waals surface area contributed by atoms with E-state index in [4.69, 9.17) is 0 Å². The minimum Gasteiger partial charge on any atom is -0.468 e. The summed E-state index contributed by atoms with van der Waals surface area (Å²) in [5, 5.41) is 0. The predicted molar refractivity (Wildman–Crippen MR) is 81.5 cm³/mol. The molecule has 0 atom stereocenters. The quantitative estimate of drug-likeness (QED) is 0.407. The third-order valence-corrected chi connectivity index (χ3v) is 3.39. The first-order valence-corrected chi connectivity index (χ1v) is 8.00. The number of hydrogen-bond acceptors (Lipinski definition) is 3. The van der Waals surface area contributed by atoms with Crippen LogP contribution in [0.15, 0.2) is 0 Å². The molecule has 0 aromatic rings. The minimum absolute atomic E-state index is 0.0748. The summed E-state index contributed by atoms with van der Waals surface area (Å²) in [4.78, 5) is 24.9. The lowest BCUT2D eigenvalue weighted by molar-refractivity contribution is -0.147. The molecule has 1 amide bonds. The number of carbonyl (C=O) groups excluding carboxylic acids is 2. The fourth-order valence-electron chi connectivity index (χ4n) is 2.17. The van der Waals surface area contributed by atoms with E-state index in [1.165, 1.54) is 39.2 Å². The molecule has 0 spiro atoms. The molecule has 0 aliphatic rings. The van der Waals surface area contributed by atoms with E-state index in [9.17, 15) is 9.59 Å². The zero-order valence-corrected chi connectivity index (χ0v) is 13.5. The van der Waals surface area contributed by atoms with Gasteiger partial charge >= 0.3 is 5.97 Å². The first kappa shape index (κ1) is 18.9. The number of hydrogen-bond donors (Lipinski definition) is 0. The van der Waals surface area contributed by atoms with Gasteiger partial charge in [-0.3, -0.25) is 9.59 Å².